The first-order chi connectivity index (χ1) is 8.93. The molecule has 0 spiro atoms. The first kappa shape index (κ1) is 13.1. The Morgan fingerprint density at radius 2 is 2.26 bits per heavy atom. The summed E-state index contributed by atoms with van der Waals surface area (Å²) in [6.07, 6.45) is 0.232. The van der Waals surface area contributed by atoms with Crippen LogP contribution in [0.5, 0.6) is 0 Å². The van der Waals surface area contributed by atoms with E-state index in [1.54, 1.807) is 13.0 Å². The van der Waals surface area contributed by atoms with E-state index >= 15 is 0 Å². The van der Waals surface area contributed by atoms with E-state index < -0.39 is 28.8 Å². The summed E-state index contributed by atoms with van der Waals surface area (Å²) in [5, 5.41) is 13.0. The van der Waals surface area contributed by atoms with Gasteiger partial charge in [-0.1, -0.05) is 0 Å². The minimum Gasteiger partial charge on any atom is -0.464 e. The number of aromatic amines is 1. The van der Waals surface area contributed by atoms with Crippen LogP contribution < -0.4 is 5.32 Å². The van der Waals surface area contributed by atoms with Gasteiger partial charge < -0.3 is 15.0 Å². The maximum atomic E-state index is 11.8. The zero-order valence-corrected chi connectivity index (χ0v) is 10.4. The minimum atomic E-state index is -0.818. The van der Waals surface area contributed by atoms with Crippen LogP contribution in [0.25, 0.3) is 0 Å². The van der Waals surface area contributed by atoms with Crippen LogP contribution in [0.15, 0.2) is 6.07 Å². The second-order valence-corrected chi connectivity index (χ2v) is 4.42. The number of nitrogens with zero attached hydrogens (tertiary/aromatic N) is 1. The van der Waals surface area contributed by atoms with Crippen LogP contribution in [0.3, 0.4) is 0 Å². The van der Waals surface area contributed by atoms with Gasteiger partial charge >= 0.3 is 5.97 Å². The number of carbonyl (C=O) groups excluding carboxylic acids is 2. The van der Waals surface area contributed by atoms with Gasteiger partial charge in [-0.2, -0.15) is 0 Å². The van der Waals surface area contributed by atoms with Gasteiger partial charge in [-0.3, -0.25) is 14.9 Å². The fourth-order valence-electron chi connectivity index (χ4n) is 1.87. The van der Waals surface area contributed by atoms with Crippen molar-refractivity contribution in [2.24, 2.45) is 5.92 Å². The minimum absolute atomic E-state index is 0.131. The van der Waals surface area contributed by atoms with Gasteiger partial charge in [-0.05, 0) is 13.0 Å². The van der Waals surface area contributed by atoms with Gasteiger partial charge in [0.2, 0.25) is 11.9 Å². The van der Waals surface area contributed by atoms with E-state index in [0.29, 0.717) is 5.69 Å². The molecule has 8 heteroatoms. The van der Waals surface area contributed by atoms with Crippen molar-refractivity contribution >= 4 is 17.6 Å². The number of nitrogens with one attached hydrogen (secondary N) is 2. The Labute approximate surface area is 108 Å². The lowest BCUT2D eigenvalue weighted by Gasteiger charge is -2.04. The fraction of sp³-hybridized carbons (Fsp3) is 0.455. The molecule has 19 heavy (non-hydrogen) atoms. The molecule has 1 aromatic heterocycles. The molecule has 0 aromatic carbocycles. The van der Waals surface area contributed by atoms with Crippen LogP contribution in [0.4, 0.5) is 5.69 Å². The number of aryl methyl sites for hydroxylation is 1. The predicted octanol–water partition coefficient (Wildman–Crippen LogP) is 0.713. The second-order valence-electron chi connectivity index (χ2n) is 4.42. The van der Waals surface area contributed by atoms with E-state index in [9.17, 15) is 19.7 Å². The highest BCUT2D eigenvalue weighted by molar-refractivity contribution is 6.01. The van der Waals surface area contributed by atoms with Crippen LogP contribution in [0.1, 0.15) is 22.6 Å². The standard InChI is InChI=1S/C11H13N3O5/c1-5-3-7(9(12-5)11(16)19-2)13-10(15)6-4-8(6)14(17)18/h3,6,8,12H,4H2,1-2H3,(H,13,15). The van der Waals surface area contributed by atoms with Crippen LogP contribution in [-0.2, 0) is 9.53 Å². The van der Waals surface area contributed by atoms with Crippen LogP contribution >= 0.6 is 0 Å². The van der Waals surface area contributed by atoms with Crippen molar-refractivity contribution in [2.45, 2.75) is 19.4 Å². The number of hydrogen-bond acceptors (Lipinski definition) is 5. The Balaban J connectivity index is 2.09. The van der Waals surface area contributed by atoms with Crippen LogP contribution in [0, 0.1) is 23.0 Å². The SMILES string of the molecule is COC(=O)c1[nH]c(C)cc1NC(=O)C1CC1[N+](=O)[O-]. The highest BCUT2D eigenvalue weighted by Gasteiger charge is 2.53. The third-order valence-electron chi connectivity index (χ3n) is 2.96. The van der Waals surface area contributed by atoms with E-state index in [1.807, 2.05) is 0 Å². The average Bonchev–Trinajstić information content (AvgIpc) is 3.08. The summed E-state index contributed by atoms with van der Waals surface area (Å²) < 4.78 is 4.58. The molecule has 2 unspecified atom stereocenters. The third-order valence-corrected chi connectivity index (χ3v) is 2.96. The van der Waals surface area contributed by atoms with Gasteiger partial charge in [0.25, 0.3) is 0 Å². The number of H-pyrrole nitrogens is 1. The molecule has 0 bridgehead atoms. The molecule has 1 fully saturated rings. The number of carbonyl (C=O) groups is 2. The molecule has 2 rings (SSSR count). The van der Waals surface area contributed by atoms with Gasteiger partial charge in [0.15, 0.2) is 0 Å². The summed E-state index contributed by atoms with van der Waals surface area (Å²) >= 11 is 0. The Morgan fingerprint density at radius 3 is 2.79 bits per heavy atom. The maximum Gasteiger partial charge on any atom is 0.356 e. The van der Waals surface area contributed by atoms with E-state index in [2.05, 4.69) is 15.0 Å². The summed E-state index contributed by atoms with van der Waals surface area (Å²) in [7, 11) is 1.23. The average molecular weight is 267 g/mol. The van der Waals surface area contributed by atoms with Gasteiger partial charge in [0.1, 0.15) is 11.6 Å². The number of ether oxygens (including phenoxy) is 1. The summed E-state index contributed by atoms with van der Waals surface area (Å²) in [4.78, 5) is 36.1. The molecule has 0 saturated heterocycles. The lowest BCUT2D eigenvalue weighted by atomic mass is 10.3. The summed E-state index contributed by atoms with van der Waals surface area (Å²) in [6, 6.07) is 0.759. The first-order valence-corrected chi connectivity index (χ1v) is 5.66. The molecule has 2 atom stereocenters. The largest absolute Gasteiger partial charge is 0.464 e. The number of hydrogen-bond donors (Lipinski definition) is 2. The summed E-state index contributed by atoms with van der Waals surface area (Å²) in [5.41, 5.74) is 1.09. The topological polar surface area (TPSA) is 114 Å². The number of amides is 1. The summed E-state index contributed by atoms with van der Waals surface area (Å²) in [5.74, 6) is -1.69. The maximum absolute atomic E-state index is 11.8. The molecule has 2 N–H and O–H groups in total. The first-order valence-electron chi connectivity index (χ1n) is 5.66. The molecule has 1 aliphatic rings. The molecule has 1 heterocycles. The highest BCUT2D eigenvalue weighted by atomic mass is 16.6. The highest BCUT2D eigenvalue weighted by Crippen LogP contribution is 2.34. The van der Waals surface area contributed by atoms with Crippen molar-refractivity contribution in [3.05, 3.63) is 27.6 Å². The second kappa shape index (κ2) is 4.71. The number of aromatic nitrogens is 1. The Kier molecular flexibility index (Phi) is 3.24. The molecule has 1 aliphatic carbocycles. The summed E-state index contributed by atoms with van der Waals surface area (Å²) in [6.45, 7) is 1.72. The number of anilines is 1. The normalized spacial score (nSPS) is 20.7. The molecule has 1 aromatic rings. The molecule has 1 saturated carbocycles. The van der Waals surface area contributed by atoms with Crippen molar-refractivity contribution in [3.8, 4) is 0 Å². The Hall–Kier alpha value is -2.38. The van der Waals surface area contributed by atoms with Crippen LogP contribution in [0.2, 0.25) is 0 Å². The van der Waals surface area contributed by atoms with Crippen molar-refractivity contribution in [2.75, 3.05) is 12.4 Å². The quantitative estimate of drug-likeness (QED) is 0.473. The van der Waals surface area contributed by atoms with Gasteiger partial charge in [-0.25, -0.2) is 4.79 Å². The van der Waals surface area contributed by atoms with Gasteiger partial charge in [0.05, 0.1) is 12.8 Å². The monoisotopic (exact) mass is 267 g/mol. The molecule has 8 nitrogen and oxygen atoms in total. The number of methoxy groups -OCH3 is 1. The zero-order chi connectivity index (χ0) is 14.2. The lowest BCUT2D eigenvalue weighted by Crippen LogP contribution is -2.19. The van der Waals surface area contributed by atoms with Crippen molar-refractivity contribution < 1.29 is 19.2 Å². The lowest BCUT2D eigenvalue weighted by molar-refractivity contribution is -0.497. The van der Waals surface area contributed by atoms with Crippen molar-refractivity contribution in [1.29, 1.82) is 0 Å². The van der Waals surface area contributed by atoms with Crippen LogP contribution in [-0.4, -0.2) is 34.9 Å². The predicted molar refractivity (Wildman–Crippen MR) is 64.4 cm³/mol. The van der Waals surface area contributed by atoms with Crippen molar-refractivity contribution in [3.63, 3.8) is 0 Å². The van der Waals surface area contributed by atoms with Gasteiger partial charge in [-0.15, -0.1) is 0 Å². The number of rotatable bonds is 4. The zero-order valence-electron chi connectivity index (χ0n) is 10.4. The number of nitro groups is 1. The van der Waals surface area contributed by atoms with E-state index in [0.717, 1.165) is 0 Å². The molecule has 1 amide bonds. The third kappa shape index (κ3) is 2.56. The molecular weight excluding hydrogens is 254 g/mol. The van der Waals surface area contributed by atoms with E-state index in [4.69, 9.17) is 0 Å². The smallest absolute Gasteiger partial charge is 0.356 e. The molecule has 0 radical (unpaired) electrons. The molecule has 0 aliphatic heterocycles. The van der Waals surface area contributed by atoms with E-state index in [-0.39, 0.29) is 17.8 Å². The fourth-order valence-corrected chi connectivity index (χ4v) is 1.87. The Bertz CT molecular complexity index is 551. The van der Waals surface area contributed by atoms with E-state index in [1.165, 1.54) is 7.11 Å². The number of esters is 1. The van der Waals surface area contributed by atoms with Crippen molar-refractivity contribution in [1.82, 2.24) is 4.98 Å². The Morgan fingerprint density at radius 1 is 1.58 bits per heavy atom. The van der Waals surface area contributed by atoms with Gasteiger partial charge in [0, 0.05) is 17.0 Å². The molecule has 102 valence electrons. The molecular formula is C11H13N3O5.